The third kappa shape index (κ3) is 1.47. The Hall–Kier alpha value is -0.170. The summed E-state index contributed by atoms with van der Waals surface area (Å²) in [5.74, 6) is 2.92. The van der Waals surface area contributed by atoms with Crippen LogP contribution in [-0.2, 0) is 4.74 Å². The van der Waals surface area contributed by atoms with Crippen LogP contribution in [-0.4, -0.2) is 12.0 Å². The van der Waals surface area contributed by atoms with E-state index in [1.165, 1.54) is 25.7 Å². The van der Waals surface area contributed by atoms with E-state index in [-0.39, 0.29) is 0 Å². The Balaban J connectivity index is 1.86. The van der Waals surface area contributed by atoms with Crippen LogP contribution >= 0.6 is 11.6 Å². The molecule has 0 N–H and O–H groups in total. The van der Waals surface area contributed by atoms with Gasteiger partial charge in [-0.25, -0.2) is 0 Å². The molecule has 12 heavy (non-hydrogen) atoms. The van der Waals surface area contributed by atoms with Crippen molar-refractivity contribution in [3.63, 3.8) is 0 Å². The van der Waals surface area contributed by atoms with Crippen LogP contribution in [0.4, 0.5) is 0 Å². The predicted octanol–water partition coefficient (Wildman–Crippen LogP) is 2.94. The number of hydrogen-bond acceptors (Lipinski definition) is 1. The summed E-state index contributed by atoms with van der Waals surface area (Å²) in [5.41, 5.74) is 0. The standard InChI is InChI=1S/C10H15ClO/c1-7(6-11)12-10-5-8-2-3-9(10)4-8/h8-10H,1-6H2. The average molecular weight is 187 g/mol. The molecule has 2 fully saturated rings. The summed E-state index contributed by atoms with van der Waals surface area (Å²) < 4.78 is 5.67. The summed E-state index contributed by atoms with van der Waals surface area (Å²) in [6.07, 6.45) is 5.82. The summed E-state index contributed by atoms with van der Waals surface area (Å²) in [6.45, 7) is 3.77. The van der Waals surface area contributed by atoms with Gasteiger partial charge in [-0.2, -0.15) is 0 Å². The molecule has 0 aromatic carbocycles. The second-order valence-electron chi connectivity index (χ2n) is 4.00. The van der Waals surface area contributed by atoms with Crippen molar-refractivity contribution in [2.45, 2.75) is 31.8 Å². The minimum Gasteiger partial charge on any atom is -0.494 e. The molecule has 0 saturated heterocycles. The fourth-order valence-electron chi connectivity index (χ4n) is 2.58. The zero-order chi connectivity index (χ0) is 8.55. The van der Waals surface area contributed by atoms with Crippen LogP contribution in [0.25, 0.3) is 0 Å². The van der Waals surface area contributed by atoms with Crippen molar-refractivity contribution in [2.24, 2.45) is 11.8 Å². The van der Waals surface area contributed by atoms with Gasteiger partial charge < -0.3 is 4.74 Å². The summed E-state index contributed by atoms with van der Waals surface area (Å²) in [4.78, 5) is 0. The van der Waals surface area contributed by atoms with E-state index in [9.17, 15) is 0 Å². The Bertz CT molecular complexity index is 190. The number of halogens is 1. The maximum Gasteiger partial charge on any atom is 0.104 e. The summed E-state index contributed by atoms with van der Waals surface area (Å²) >= 11 is 5.61. The van der Waals surface area contributed by atoms with Gasteiger partial charge in [0.1, 0.15) is 11.9 Å². The lowest BCUT2D eigenvalue weighted by molar-refractivity contribution is 0.0712. The van der Waals surface area contributed by atoms with Gasteiger partial charge in [-0.3, -0.25) is 0 Å². The average Bonchev–Trinajstić information content (AvgIpc) is 2.64. The second kappa shape index (κ2) is 3.29. The highest BCUT2D eigenvalue weighted by atomic mass is 35.5. The Labute approximate surface area is 78.7 Å². The van der Waals surface area contributed by atoms with E-state index in [1.54, 1.807) is 0 Å². The molecule has 3 atom stereocenters. The van der Waals surface area contributed by atoms with Crippen molar-refractivity contribution in [3.05, 3.63) is 12.3 Å². The molecule has 0 amide bonds. The van der Waals surface area contributed by atoms with Crippen molar-refractivity contribution in [3.8, 4) is 0 Å². The lowest BCUT2D eigenvalue weighted by atomic mass is 9.98. The lowest BCUT2D eigenvalue weighted by Gasteiger charge is -2.23. The number of alkyl halides is 1. The largest absolute Gasteiger partial charge is 0.494 e. The number of hydrogen-bond donors (Lipinski definition) is 0. The fraction of sp³-hybridized carbons (Fsp3) is 0.800. The van der Waals surface area contributed by atoms with E-state index in [0.29, 0.717) is 12.0 Å². The van der Waals surface area contributed by atoms with Crippen LogP contribution in [0.2, 0.25) is 0 Å². The Morgan fingerprint density at radius 2 is 2.25 bits per heavy atom. The van der Waals surface area contributed by atoms with Gasteiger partial charge in [-0.05, 0) is 37.5 Å². The van der Waals surface area contributed by atoms with Crippen molar-refractivity contribution < 1.29 is 4.74 Å². The van der Waals surface area contributed by atoms with Gasteiger partial charge in [0.05, 0.1) is 5.88 Å². The molecule has 2 rings (SSSR count). The highest BCUT2D eigenvalue weighted by Gasteiger charge is 2.40. The van der Waals surface area contributed by atoms with Crippen molar-refractivity contribution in [1.29, 1.82) is 0 Å². The molecule has 68 valence electrons. The van der Waals surface area contributed by atoms with E-state index in [0.717, 1.165) is 17.6 Å². The van der Waals surface area contributed by atoms with Crippen LogP contribution in [0, 0.1) is 11.8 Å². The lowest BCUT2D eigenvalue weighted by Crippen LogP contribution is -2.20. The number of rotatable bonds is 3. The molecule has 2 heteroatoms. The normalized spacial score (nSPS) is 38.6. The second-order valence-corrected chi connectivity index (χ2v) is 4.27. The molecule has 0 heterocycles. The first-order chi connectivity index (χ1) is 5.79. The molecular formula is C10H15ClO. The molecule has 2 bridgehead atoms. The number of allylic oxidation sites excluding steroid dienone is 1. The molecule has 0 aromatic heterocycles. The van der Waals surface area contributed by atoms with E-state index in [1.807, 2.05) is 0 Å². The Morgan fingerprint density at radius 1 is 1.42 bits per heavy atom. The zero-order valence-electron chi connectivity index (χ0n) is 7.26. The van der Waals surface area contributed by atoms with Crippen molar-refractivity contribution in [1.82, 2.24) is 0 Å². The minimum absolute atomic E-state index is 0.438. The molecular weight excluding hydrogens is 172 g/mol. The monoisotopic (exact) mass is 186 g/mol. The topological polar surface area (TPSA) is 9.23 Å². The third-order valence-electron chi connectivity index (χ3n) is 3.14. The van der Waals surface area contributed by atoms with E-state index < -0.39 is 0 Å². The molecule has 2 saturated carbocycles. The Morgan fingerprint density at radius 3 is 2.75 bits per heavy atom. The highest BCUT2D eigenvalue weighted by molar-refractivity contribution is 6.19. The summed E-state index contributed by atoms with van der Waals surface area (Å²) in [5, 5.41) is 0. The molecule has 2 aliphatic rings. The van der Waals surface area contributed by atoms with Crippen LogP contribution in [0.5, 0.6) is 0 Å². The third-order valence-corrected chi connectivity index (χ3v) is 3.44. The number of ether oxygens (including phenoxy) is 1. The quantitative estimate of drug-likeness (QED) is 0.487. The van der Waals surface area contributed by atoms with Crippen LogP contribution in [0.15, 0.2) is 12.3 Å². The van der Waals surface area contributed by atoms with E-state index in [4.69, 9.17) is 16.3 Å². The SMILES string of the molecule is C=C(CCl)OC1CC2CCC1C2. The molecule has 3 unspecified atom stereocenters. The summed E-state index contributed by atoms with van der Waals surface area (Å²) in [7, 11) is 0. The number of fused-ring (bicyclic) bond motifs is 2. The predicted molar refractivity (Wildman–Crippen MR) is 50.2 cm³/mol. The molecule has 1 nitrogen and oxygen atoms in total. The van der Waals surface area contributed by atoms with Gasteiger partial charge >= 0.3 is 0 Å². The van der Waals surface area contributed by atoms with Crippen molar-refractivity contribution in [2.75, 3.05) is 5.88 Å². The van der Waals surface area contributed by atoms with E-state index in [2.05, 4.69) is 6.58 Å². The van der Waals surface area contributed by atoms with Crippen LogP contribution in [0.1, 0.15) is 25.7 Å². The van der Waals surface area contributed by atoms with Crippen LogP contribution in [0.3, 0.4) is 0 Å². The molecule has 2 aliphatic carbocycles. The maximum absolute atomic E-state index is 5.67. The molecule has 0 spiro atoms. The zero-order valence-corrected chi connectivity index (χ0v) is 8.02. The minimum atomic E-state index is 0.438. The molecule has 0 radical (unpaired) electrons. The summed E-state index contributed by atoms with van der Waals surface area (Å²) in [6, 6.07) is 0. The van der Waals surface area contributed by atoms with Crippen molar-refractivity contribution >= 4 is 11.6 Å². The van der Waals surface area contributed by atoms with E-state index >= 15 is 0 Å². The van der Waals surface area contributed by atoms with Crippen LogP contribution < -0.4 is 0 Å². The molecule has 0 aliphatic heterocycles. The smallest absolute Gasteiger partial charge is 0.104 e. The van der Waals surface area contributed by atoms with Gasteiger partial charge in [0.25, 0.3) is 0 Å². The maximum atomic E-state index is 5.67. The first-order valence-electron chi connectivity index (χ1n) is 4.70. The molecule has 0 aromatic rings. The first-order valence-corrected chi connectivity index (χ1v) is 5.23. The van der Waals surface area contributed by atoms with Gasteiger partial charge in [-0.1, -0.05) is 6.58 Å². The highest BCUT2D eigenvalue weighted by Crippen LogP contribution is 2.46. The van der Waals surface area contributed by atoms with Gasteiger partial charge in [-0.15, -0.1) is 11.6 Å². The fourth-order valence-corrected chi connectivity index (χ4v) is 2.64. The van der Waals surface area contributed by atoms with Gasteiger partial charge in [0.15, 0.2) is 0 Å². The first kappa shape index (κ1) is 8.43. The van der Waals surface area contributed by atoms with Gasteiger partial charge in [0, 0.05) is 0 Å². The Kier molecular flexibility index (Phi) is 2.31. The van der Waals surface area contributed by atoms with Gasteiger partial charge in [0.2, 0.25) is 0 Å².